The average molecular weight is 336 g/mol. The molecule has 0 unspecified atom stereocenters. The van der Waals surface area contributed by atoms with Crippen molar-refractivity contribution < 1.29 is 4.79 Å². The third-order valence-electron chi connectivity index (χ3n) is 5.12. The maximum atomic E-state index is 12.6. The number of nitrogens with one attached hydrogen (secondary N) is 1. The van der Waals surface area contributed by atoms with E-state index in [1.807, 2.05) is 4.90 Å². The summed E-state index contributed by atoms with van der Waals surface area (Å²) in [4.78, 5) is 14.6. The van der Waals surface area contributed by atoms with E-state index in [0.717, 1.165) is 32.4 Å². The fourth-order valence-corrected chi connectivity index (χ4v) is 3.63. The number of nitrogens with zero attached hydrogens (tertiary/aromatic N) is 1. The number of hydrogen-bond donors (Lipinski definition) is 1. The largest absolute Gasteiger partial charge is 0.384 e. The number of hydrogen-bond acceptors (Lipinski definition) is 2. The fraction of sp³-hybridized carbons (Fsp3) is 0.409. The molecular weight excluding hydrogens is 308 g/mol. The lowest BCUT2D eigenvalue weighted by atomic mass is 10.00. The number of amides is 1. The van der Waals surface area contributed by atoms with Gasteiger partial charge in [0.2, 0.25) is 5.91 Å². The number of anilines is 1. The summed E-state index contributed by atoms with van der Waals surface area (Å²) in [6, 6.07) is 14.9. The Balaban J connectivity index is 1.57. The van der Waals surface area contributed by atoms with Crippen LogP contribution >= 0.6 is 0 Å². The molecule has 2 aromatic carbocycles. The molecule has 0 saturated carbocycles. The molecule has 3 rings (SSSR count). The second-order valence-corrected chi connectivity index (χ2v) is 6.67. The van der Waals surface area contributed by atoms with Gasteiger partial charge in [0.15, 0.2) is 0 Å². The Morgan fingerprint density at radius 1 is 1.00 bits per heavy atom. The normalized spacial score (nSPS) is 13.4. The monoisotopic (exact) mass is 336 g/mol. The summed E-state index contributed by atoms with van der Waals surface area (Å²) >= 11 is 0. The molecule has 1 aliphatic rings. The van der Waals surface area contributed by atoms with Gasteiger partial charge in [-0.1, -0.05) is 56.3 Å². The van der Waals surface area contributed by atoms with Gasteiger partial charge in [0, 0.05) is 31.7 Å². The molecule has 0 bridgehead atoms. The van der Waals surface area contributed by atoms with Crippen LogP contribution in [0.15, 0.2) is 42.5 Å². The number of rotatable bonds is 6. The van der Waals surface area contributed by atoms with E-state index in [0.29, 0.717) is 13.0 Å². The first-order valence-corrected chi connectivity index (χ1v) is 9.42. The van der Waals surface area contributed by atoms with Gasteiger partial charge >= 0.3 is 0 Å². The van der Waals surface area contributed by atoms with Crippen molar-refractivity contribution in [2.75, 3.05) is 18.4 Å². The van der Waals surface area contributed by atoms with Crippen molar-refractivity contribution in [1.82, 2.24) is 4.90 Å². The molecule has 3 heteroatoms. The maximum absolute atomic E-state index is 12.6. The molecule has 0 spiro atoms. The highest BCUT2D eigenvalue weighted by Crippen LogP contribution is 2.23. The molecule has 0 aliphatic carbocycles. The van der Waals surface area contributed by atoms with Crippen molar-refractivity contribution in [2.24, 2.45) is 0 Å². The van der Waals surface area contributed by atoms with E-state index in [1.54, 1.807) is 0 Å². The minimum Gasteiger partial charge on any atom is -0.384 e. The lowest BCUT2D eigenvalue weighted by Crippen LogP contribution is -2.36. The summed E-state index contributed by atoms with van der Waals surface area (Å²) in [6.45, 7) is 6.63. The highest BCUT2D eigenvalue weighted by atomic mass is 16.2. The first-order chi connectivity index (χ1) is 12.2. The van der Waals surface area contributed by atoms with E-state index in [2.05, 4.69) is 61.6 Å². The molecule has 0 radical (unpaired) electrons. The summed E-state index contributed by atoms with van der Waals surface area (Å²) in [7, 11) is 0. The minimum atomic E-state index is 0.244. The fourth-order valence-electron chi connectivity index (χ4n) is 3.63. The first kappa shape index (κ1) is 17.5. The Morgan fingerprint density at radius 2 is 1.68 bits per heavy atom. The predicted octanol–water partition coefficient (Wildman–Crippen LogP) is 4.20. The Hall–Kier alpha value is -2.29. The molecule has 25 heavy (non-hydrogen) atoms. The van der Waals surface area contributed by atoms with Crippen LogP contribution in [0.1, 0.15) is 42.5 Å². The van der Waals surface area contributed by atoms with Gasteiger partial charge in [-0.15, -0.1) is 0 Å². The molecule has 132 valence electrons. The second-order valence-electron chi connectivity index (χ2n) is 6.67. The molecule has 1 heterocycles. The van der Waals surface area contributed by atoms with E-state index in [-0.39, 0.29) is 5.91 Å². The smallest absolute Gasteiger partial charge is 0.224 e. The molecule has 2 aromatic rings. The third kappa shape index (κ3) is 4.04. The van der Waals surface area contributed by atoms with Gasteiger partial charge in [0.05, 0.1) is 0 Å². The van der Waals surface area contributed by atoms with Crippen LogP contribution in [-0.2, 0) is 30.6 Å². The molecule has 3 nitrogen and oxygen atoms in total. The van der Waals surface area contributed by atoms with Crippen LogP contribution in [0.2, 0.25) is 0 Å². The number of fused-ring (bicyclic) bond motifs is 1. The summed E-state index contributed by atoms with van der Waals surface area (Å²) in [6.07, 6.45) is 3.53. The molecule has 0 saturated heterocycles. The highest BCUT2D eigenvalue weighted by molar-refractivity contribution is 5.77. The molecule has 1 aliphatic heterocycles. The number of carbonyl (C=O) groups is 1. The summed E-state index contributed by atoms with van der Waals surface area (Å²) in [5.74, 6) is 0.244. The molecule has 0 aromatic heterocycles. The van der Waals surface area contributed by atoms with Crippen molar-refractivity contribution in [3.05, 3.63) is 64.7 Å². The molecular formula is C22H28N2O. The van der Waals surface area contributed by atoms with Crippen LogP contribution in [-0.4, -0.2) is 23.9 Å². The Bertz CT molecular complexity index is 716. The van der Waals surface area contributed by atoms with Crippen molar-refractivity contribution in [2.45, 2.75) is 46.1 Å². The van der Waals surface area contributed by atoms with Crippen LogP contribution in [0.3, 0.4) is 0 Å². The second kappa shape index (κ2) is 8.19. The summed E-state index contributed by atoms with van der Waals surface area (Å²) in [5.41, 5.74) is 6.57. The van der Waals surface area contributed by atoms with E-state index in [9.17, 15) is 4.79 Å². The standard InChI is InChI=1S/C22H28N2O/c1-3-17-10-7-11-18(4-2)22(17)23-14-12-21(25)24-15-13-19-8-5-6-9-20(19)16-24/h5-11,23H,3-4,12-16H2,1-2H3. The van der Waals surface area contributed by atoms with Gasteiger partial charge in [-0.05, 0) is 41.5 Å². The number of para-hydroxylation sites is 1. The topological polar surface area (TPSA) is 32.3 Å². The van der Waals surface area contributed by atoms with Crippen molar-refractivity contribution >= 4 is 11.6 Å². The Labute approximate surface area is 151 Å². The van der Waals surface area contributed by atoms with Gasteiger partial charge in [-0.2, -0.15) is 0 Å². The van der Waals surface area contributed by atoms with Gasteiger partial charge in [0.25, 0.3) is 0 Å². The average Bonchev–Trinajstić information content (AvgIpc) is 2.67. The van der Waals surface area contributed by atoms with Crippen LogP contribution in [0.5, 0.6) is 0 Å². The predicted molar refractivity (Wildman–Crippen MR) is 104 cm³/mol. The first-order valence-electron chi connectivity index (χ1n) is 9.42. The van der Waals surface area contributed by atoms with Crippen molar-refractivity contribution in [1.29, 1.82) is 0 Å². The number of benzene rings is 2. The maximum Gasteiger partial charge on any atom is 0.224 e. The zero-order valence-corrected chi connectivity index (χ0v) is 15.3. The zero-order chi connectivity index (χ0) is 17.6. The molecule has 0 atom stereocenters. The highest BCUT2D eigenvalue weighted by Gasteiger charge is 2.20. The lowest BCUT2D eigenvalue weighted by Gasteiger charge is -2.29. The molecule has 1 N–H and O–H groups in total. The van der Waals surface area contributed by atoms with Gasteiger partial charge in [0.1, 0.15) is 0 Å². The van der Waals surface area contributed by atoms with Gasteiger partial charge in [-0.25, -0.2) is 0 Å². The van der Waals surface area contributed by atoms with E-state index in [1.165, 1.54) is 27.9 Å². The Kier molecular flexibility index (Phi) is 5.75. The summed E-state index contributed by atoms with van der Waals surface area (Å²) < 4.78 is 0. The van der Waals surface area contributed by atoms with Gasteiger partial charge < -0.3 is 10.2 Å². The van der Waals surface area contributed by atoms with Crippen LogP contribution in [0.25, 0.3) is 0 Å². The molecule has 1 amide bonds. The number of carbonyl (C=O) groups excluding carboxylic acids is 1. The van der Waals surface area contributed by atoms with E-state index < -0.39 is 0 Å². The van der Waals surface area contributed by atoms with Crippen LogP contribution in [0.4, 0.5) is 5.69 Å². The SMILES string of the molecule is CCc1cccc(CC)c1NCCC(=O)N1CCc2ccccc2C1. The quantitative estimate of drug-likeness (QED) is 0.857. The van der Waals surface area contributed by atoms with Crippen molar-refractivity contribution in [3.8, 4) is 0 Å². The third-order valence-corrected chi connectivity index (χ3v) is 5.12. The molecule has 0 fully saturated rings. The lowest BCUT2D eigenvalue weighted by molar-refractivity contribution is -0.131. The van der Waals surface area contributed by atoms with Crippen LogP contribution < -0.4 is 5.32 Å². The zero-order valence-electron chi connectivity index (χ0n) is 15.3. The van der Waals surface area contributed by atoms with E-state index >= 15 is 0 Å². The van der Waals surface area contributed by atoms with Crippen molar-refractivity contribution in [3.63, 3.8) is 0 Å². The minimum absolute atomic E-state index is 0.244. The van der Waals surface area contributed by atoms with Gasteiger partial charge in [-0.3, -0.25) is 4.79 Å². The Morgan fingerprint density at radius 3 is 2.36 bits per heavy atom. The van der Waals surface area contributed by atoms with E-state index in [4.69, 9.17) is 0 Å². The summed E-state index contributed by atoms with van der Waals surface area (Å²) in [5, 5.41) is 3.53. The van der Waals surface area contributed by atoms with Crippen LogP contribution in [0, 0.1) is 0 Å². The number of aryl methyl sites for hydroxylation is 2.